The molecule has 43 heavy (non-hydrogen) atoms. The van der Waals surface area contributed by atoms with Gasteiger partial charge in [0.2, 0.25) is 5.95 Å². The van der Waals surface area contributed by atoms with Crippen molar-refractivity contribution in [2.45, 2.75) is 46.8 Å². The number of pyridine rings is 2. The zero-order valence-corrected chi connectivity index (χ0v) is 26.1. The first-order chi connectivity index (χ1) is 20.5. The van der Waals surface area contributed by atoms with Gasteiger partial charge < -0.3 is 15.0 Å². The number of benzene rings is 1. The molecule has 0 spiro atoms. The van der Waals surface area contributed by atoms with E-state index in [1.54, 1.807) is 15.7 Å². The molecule has 1 aromatic carbocycles. The quantitative estimate of drug-likeness (QED) is 0.297. The minimum Gasteiger partial charge on any atom is -0.444 e. The molecule has 4 aromatic rings. The lowest BCUT2D eigenvalue weighted by Gasteiger charge is -2.35. The van der Waals surface area contributed by atoms with E-state index >= 15 is 0 Å². The number of ether oxygens (including phenoxy) is 1. The normalized spacial score (nSPS) is 14.2. The van der Waals surface area contributed by atoms with Crippen LogP contribution in [0.25, 0.3) is 33.4 Å². The Morgan fingerprint density at radius 1 is 1.02 bits per heavy atom. The molecular formula is C32H38ClN7O3. The van der Waals surface area contributed by atoms with Crippen LogP contribution < -0.4 is 10.9 Å². The second kappa shape index (κ2) is 12.7. The molecule has 0 saturated carbocycles. The number of rotatable bonds is 7. The van der Waals surface area contributed by atoms with Crippen LogP contribution >= 0.6 is 11.6 Å². The third-order valence-corrected chi connectivity index (χ3v) is 7.58. The first-order valence-corrected chi connectivity index (χ1v) is 15.0. The lowest BCUT2D eigenvalue weighted by Crippen LogP contribution is -2.50. The Morgan fingerprint density at radius 3 is 2.47 bits per heavy atom. The maximum Gasteiger partial charge on any atom is 0.410 e. The standard InChI is InChI=1S/C32H38ClN7O3/c1-6-34-30-35-20-23-18-25(24-11-10-22(19-26(24)33)27-9-7-8-21(2)36-27)29(41)40(28(23)37-30)17-14-38-12-15-39(16-13-38)31(42)43-32(3,4)5/h7-11,18-20H,6,12-17H2,1-5H3,(H,34,35,37). The smallest absolute Gasteiger partial charge is 0.410 e. The number of aryl methyl sites for hydroxylation is 1. The van der Waals surface area contributed by atoms with E-state index in [9.17, 15) is 9.59 Å². The molecule has 1 saturated heterocycles. The Kier molecular flexibility index (Phi) is 8.98. The molecular weight excluding hydrogens is 566 g/mol. The summed E-state index contributed by atoms with van der Waals surface area (Å²) in [6, 6.07) is 13.3. The number of fused-ring (bicyclic) bond motifs is 1. The number of anilines is 1. The molecule has 226 valence electrons. The third-order valence-electron chi connectivity index (χ3n) is 7.27. The molecule has 1 aliphatic heterocycles. The summed E-state index contributed by atoms with van der Waals surface area (Å²) in [5.74, 6) is 0.468. The molecule has 0 atom stereocenters. The summed E-state index contributed by atoms with van der Waals surface area (Å²) < 4.78 is 7.24. The van der Waals surface area contributed by atoms with Crippen LogP contribution in [0.2, 0.25) is 5.02 Å². The average molecular weight is 604 g/mol. The van der Waals surface area contributed by atoms with Crippen molar-refractivity contribution in [3.8, 4) is 22.4 Å². The van der Waals surface area contributed by atoms with Crippen molar-refractivity contribution in [1.82, 2.24) is 29.3 Å². The summed E-state index contributed by atoms with van der Waals surface area (Å²) in [5, 5.41) is 4.35. The average Bonchev–Trinajstić information content (AvgIpc) is 2.96. The van der Waals surface area contributed by atoms with E-state index in [0.29, 0.717) is 73.6 Å². The maximum absolute atomic E-state index is 14.1. The van der Waals surface area contributed by atoms with Crippen LogP contribution in [0.15, 0.2) is 53.5 Å². The summed E-state index contributed by atoms with van der Waals surface area (Å²) in [6.07, 6.45) is 1.44. The number of nitrogens with zero attached hydrogens (tertiary/aromatic N) is 6. The van der Waals surface area contributed by atoms with Crippen LogP contribution in [0.1, 0.15) is 33.4 Å². The monoisotopic (exact) mass is 603 g/mol. The number of hydrogen-bond donors (Lipinski definition) is 1. The number of aromatic nitrogens is 4. The van der Waals surface area contributed by atoms with Crippen molar-refractivity contribution in [2.75, 3.05) is 44.6 Å². The Morgan fingerprint density at radius 2 is 1.79 bits per heavy atom. The number of amides is 1. The molecule has 4 heterocycles. The number of carbonyl (C=O) groups excluding carboxylic acids is 1. The van der Waals surface area contributed by atoms with E-state index in [-0.39, 0.29) is 11.7 Å². The highest BCUT2D eigenvalue weighted by molar-refractivity contribution is 6.33. The molecule has 1 fully saturated rings. The molecule has 3 aromatic heterocycles. The fourth-order valence-corrected chi connectivity index (χ4v) is 5.40. The fraction of sp³-hybridized carbons (Fsp3) is 0.406. The van der Waals surface area contributed by atoms with Crippen molar-refractivity contribution in [2.24, 2.45) is 0 Å². The van der Waals surface area contributed by atoms with E-state index in [4.69, 9.17) is 16.3 Å². The van der Waals surface area contributed by atoms with Gasteiger partial charge in [-0.15, -0.1) is 0 Å². The lowest BCUT2D eigenvalue weighted by molar-refractivity contribution is 0.0143. The van der Waals surface area contributed by atoms with Gasteiger partial charge in [-0.25, -0.2) is 9.78 Å². The topological polar surface area (TPSA) is 105 Å². The van der Waals surface area contributed by atoms with E-state index in [1.807, 2.05) is 77.1 Å². The van der Waals surface area contributed by atoms with E-state index < -0.39 is 5.60 Å². The Hall–Kier alpha value is -4.02. The van der Waals surface area contributed by atoms with Crippen LogP contribution in [-0.4, -0.2) is 80.3 Å². The maximum atomic E-state index is 14.1. The second-order valence-electron chi connectivity index (χ2n) is 11.7. The van der Waals surface area contributed by atoms with Crippen LogP contribution in [0.3, 0.4) is 0 Å². The highest BCUT2D eigenvalue weighted by Crippen LogP contribution is 2.31. The van der Waals surface area contributed by atoms with Gasteiger partial charge in [0.25, 0.3) is 5.56 Å². The Labute approximate surface area is 256 Å². The van der Waals surface area contributed by atoms with Crippen LogP contribution in [0, 0.1) is 6.92 Å². The highest BCUT2D eigenvalue weighted by Gasteiger charge is 2.26. The zero-order chi connectivity index (χ0) is 30.7. The molecule has 0 radical (unpaired) electrons. The van der Waals surface area contributed by atoms with Crippen molar-refractivity contribution in [3.63, 3.8) is 0 Å². The van der Waals surface area contributed by atoms with Crippen molar-refractivity contribution >= 4 is 34.7 Å². The number of piperazine rings is 1. The minimum atomic E-state index is -0.532. The third kappa shape index (κ3) is 7.14. The molecule has 10 nitrogen and oxygen atoms in total. The Bertz CT molecular complexity index is 1690. The zero-order valence-electron chi connectivity index (χ0n) is 25.4. The number of hydrogen-bond acceptors (Lipinski definition) is 8. The fourth-order valence-electron chi connectivity index (χ4n) is 5.12. The van der Waals surface area contributed by atoms with Gasteiger partial charge >= 0.3 is 6.09 Å². The van der Waals surface area contributed by atoms with Gasteiger partial charge in [0.15, 0.2) is 0 Å². The summed E-state index contributed by atoms with van der Waals surface area (Å²) >= 11 is 6.81. The van der Waals surface area contributed by atoms with Gasteiger partial charge in [0.05, 0.1) is 5.69 Å². The summed E-state index contributed by atoms with van der Waals surface area (Å²) in [7, 11) is 0. The molecule has 1 amide bonds. The molecule has 11 heteroatoms. The van der Waals surface area contributed by atoms with E-state index in [2.05, 4.69) is 25.2 Å². The van der Waals surface area contributed by atoms with Gasteiger partial charge in [-0.1, -0.05) is 29.8 Å². The molecule has 0 aliphatic carbocycles. The van der Waals surface area contributed by atoms with Crippen LogP contribution in [0.5, 0.6) is 0 Å². The summed E-state index contributed by atoms with van der Waals surface area (Å²) in [6.45, 7) is 13.7. The predicted octanol–water partition coefficient (Wildman–Crippen LogP) is 5.47. The number of carbonyl (C=O) groups is 1. The Balaban J connectivity index is 1.43. The van der Waals surface area contributed by atoms with Gasteiger partial charge in [-0.05, 0) is 58.9 Å². The number of nitrogens with one attached hydrogen (secondary N) is 1. The highest BCUT2D eigenvalue weighted by atomic mass is 35.5. The van der Waals surface area contributed by atoms with Gasteiger partial charge in [-0.2, -0.15) is 4.98 Å². The molecule has 0 unspecified atom stereocenters. The molecule has 1 aliphatic rings. The molecule has 5 rings (SSSR count). The predicted molar refractivity (Wildman–Crippen MR) is 171 cm³/mol. The van der Waals surface area contributed by atoms with E-state index in [0.717, 1.165) is 22.3 Å². The van der Waals surface area contributed by atoms with Crippen LogP contribution in [0.4, 0.5) is 10.7 Å². The summed E-state index contributed by atoms with van der Waals surface area (Å²) in [5.41, 5.74) is 3.58. The molecule has 0 bridgehead atoms. The minimum absolute atomic E-state index is 0.177. The van der Waals surface area contributed by atoms with Gasteiger partial charge in [0.1, 0.15) is 11.2 Å². The lowest BCUT2D eigenvalue weighted by atomic mass is 10.0. The molecule has 1 N–H and O–H groups in total. The first-order valence-electron chi connectivity index (χ1n) is 14.6. The van der Waals surface area contributed by atoms with E-state index in [1.165, 1.54) is 0 Å². The first kappa shape index (κ1) is 30.4. The SMILES string of the molecule is CCNc1ncc2cc(-c3ccc(-c4cccc(C)n4)cc3Cl)c(=O)n(CCN3CCN(C(=O)OC(C)(C)C)CC3)c2n1. The number of halogens is 1. The van der Waals surface area contributed by atoms with Gasteiger partial charge in [0, 0.05) is 84.8 Å². The second-order valence-corrected chi connectivity index (χ2v) is 12.1. The largest absolute Gasteiger partial charge is 0.444 e. The van der Waals surface area contributed by atoms with Crippen molar-refractivity contribution in [1.29, 1.82) is 0 Å². The van der Waals surface area contributed by atoms with Crippen molar-refractivity contribution < 1.29 is 9.53 Å². The van der Waals surface area contributed by atoms with Crippen molar-refractivity contribution in [3.05, 3.63) is 69.7 Å². The van der Waals surface area contributed by atoms with Crippen LogP contribution in [-0.2, 0) is 11.3 Å². The summed E-state index contributed by atoms with van der Waals surface area (Å²) in [4.78, 5) is 44.3. The van der Waals surface area contributed by atoms with Gasteiger partial charge in [-0.3, -0.25) is 19.2 Å².